The zero-order valence-corrected chi connectivity index (χ0v) is 27.3. The molecule has 0 aromatic heterocycles. The highest BCUT2D eigenvalue weighted by Gasteiger charge is 2.66. The predicted molar refractivity (Wildman–Crippen MR) is 162 cm³/mol. The molecular weight excluding hydrogens is 641 g/mol. The van der Waals surface area contributed by atoms with Crippen molar-refractivity contribution in [3.8, 4) is 0 Å². The zero-order chi connectivity index (χ0) is 32.9. The summed E-state index contributed by atoms with van der Waals surface area (Å²) in [5.74, 6) is -1.36. The van der Waals surface area contributed by atoms with Crippen molar-refractivity contribution in [2.24, 2.45) is 11.8 Å². The number of hydrogen-bond donors (Lipinski definition) is 7. The van der Waals surface area contributed by atoms with Crippen LogP contribution in [0.25, 0.3) is 0 Å². The molecule has 1 aromatic rings. The number of halogens is 1. The van der Waals surface area contributed by atoms with Crippen molar-refractivity contribution in [2.45, 2.75) is 51.0 Å². The Morgan fingerprint density at radius 3 is 2.25 bits per heavy atom. The molecule has 44 heavy (non-hydrogen) atoms. The summed E-state index contributed by atoms with van der Waals surface area (Å²) in [7, 11) is -11.2. The fourth-order valence-corrected chi connectivity index (χ4v) is 7.67. The van der Waals surface area contributed by atoms with Gasteiger partial charge in [-0.3, -0.25) is 28.4 Å². The fraction of sp³-hybridized carbons (Fsp3) is 0.640. The molecule has 2 fully saturated rings. The second-order valence-corrected chi connectivity index (χ2v) is 15.7. The number of carbonyl (C=O) groups is 3. The van der Waals surface area contributed by atoms with E-state index in [0.29, 0.717) is 36.6 Å². The molecule has 7 N–H and O–H groups in total. The summed E-state index contributed by atoms with van der Waals surface area (Å²) in [6.07, 6.45) is 0.682. The van der Waals surface area contributed by atoms with E-state index in [0.717, 1.165) is 5.56 Å². The molecule has 0 unspecified atom stereocenters. The minimum atomic E-state index is -5.27. The van der Waals surface area contributed by atoms with E-state index < -0.39 is 45.1 Å². The number of aryl methyl sites for hydroxylation is 1. The highest BCUT2D eigenvalue weighted by Crippen LogP contribution is 2.58. The van der Waals surface area contributed by atoms with Gasteiger partial charge in [0.05, 0.1) is 12.0 Å². The Morgan fingerprint density at radius 2 is 1.70 bits per heavy atom. The van der Waals surface area contributed by atoms with Crippen LogP contribution in [-0.4, -0.2) is 99.7 Å². The van der Waals surface area contributed by atoms with Crippen LogP contribution in [0.2, 0.25) is 5.02 Å². The lowest BCUT2D eigenvalue weighted by molar-refractivity contribution is -0.122. The Hall–Kier alpha value is -1.84. The van der Waals surface area contributed by atoms with Crippen LogP contribution in [0.5, 0.6) is 0 Å². The van der Waals surface area contributed by atoms with E-state index in [1.165, 1.54) is 0 Å². The molecule has 0 spiro atoms. The van der Waals surface area contributed by atoms with Crippen molar-refractivity contribution in [3.63, 3.8) is 0 Å². The Balaban J connectivity index is 1.49. The highest BCUT2D eigenvalue weighted by atomic mass is 35.5. The quantitative estimate of drug-likeness (QED) is 0.114. The van der Waals surface area contributed by atoms with E-state index in [1.54, 1.807) is 30.4 Å². The van der Waals surface area contributed by atoms with Gasteiger partial charge < -0.3 is 44.8 Å². The van der Waals surface area contributed by atoms with Crippen molar-refractivity contribution < 1.29 is 52.4 Å². The zero-order valence-electron chi connectivity index (χ0n) is 24.8. The molecule has 0 radical (unpaired) electrons. The molecule has 3 rings (SSSR count). The van der Waals surface area contributed by atoms with Gasteiger partial charge in [-0.05, 0) is 55.8 Å². The van der Waals surface area contributed by atoms with Crippen LogP contribution in [0, 0.1) is 18.8 Å². The lowest BCUT2D eigenvalue weighted by Crippen LogP contribution is -2.57. The number of carbonyl (C=O) groups excluding carboxylic acids is 3. The second-order valence-electron chi connectivity index (χ2n) is 11.4. The van der Waals surface area contributed by atoms with E-state index in [2.05, 4.69) is 10.6 Å². The van der Waals surface area contributed by atoms with E-state index in [-0.39, 0.29) is 50.3 Å². The normalized spacial score (nSPS) is 21.5. The van der Waals surface area contributed by atoms with Crippen LogP contribution in [0.1, 0.15) is 49.0 Å². The molecule has 2 atom stereocenters. The summed E-state index contributed by atoms with van der Waals surface area (Å²) >= 11 is 6.01. The maximum atomic E-state index is 13.0. The summed E-state index contributed by atoms with van der Waals surface area (Å²) in [5.41, 5.74) is -2.23. The summed E-state index contributed by atoms with van der Waals surface area (Å²) in [6, 6.07) is 4.95. The molecule has 19 heteroatoms. The first kappa shape index (κ1) is 36.6. The van der Waals surface area contributed by atoms with Crippen LogP contribution >= 0.6 is 26.8 Å². The lowest BCUT2D eigenvalue weighted by atomic mass is 9.71. The van der Waals surface area contributed by atoms with Gasteiger partial charge in [0.25, 0.3) is 5.91 Å². The number of benzene rings is 1. The first-order valence-electron chi connectivity index (χ1n) is 14.1. The number of amides is 3. The molecule has 3 amide bonds. The Kier molecular flexibility index (Phi) is 12.6. The number of hydrogen-bond acceptors (Lipinski definition) is 8. The third-order valence-corrected chi connectivity index (χ3v) is 11.2. The monoisotopic (exact) mass is 680 g/mol. The lowest BCUT2D eigenvalue weighted by Gasteiger charge is -2.32. The maximum Gasteiger partial charge on any atom is 0.484 e. The van der Waals surface area contributed by atoms with Crippen molar-refractivity contribution >= 4 is 51.6 Å². The fourth-order valence-electron chi connectivity index (χ4n) is 5.31. The first-order valence-corrected chi connectivity index (χ1v) is 17.9. The number of nitrogens with zero attached hydrogens (tertiary/aromatic N) is 1. The van der Waals surface area contributed by atoms with Gasteiger partial charge in [0.1, 0.15) is 0 Å². The smallest absolute Gasteiger partial charge is 0.408 e. The van der Waals surface area contributed by atoms with Gasteiger partial charge in [0.15, 0.2) is 0 Å². The largest absolute Gasteiger partial charge is 0.484 e. The highest BCUT2D eigenvalue weighted by molar-refractivity contribution is 7.70. The molecule has 1 aromatic carbocycles. The molecule has 0 bridgehead atoms. The molecule has 1 saturated carbocycles. The van der Waals surface area contributed by atoms with Gasteiger partial charge in [0, 0.05) is 43.3 Å². The Labute approximate surface area is 261 Å². The molecule has 1 heterocycles. The van der Waals surface area contributed by atoms with Gasteiger partial charge in [-0.15, -0.1) is 0 Å². The van der Waals surface area contributed by atoms with Crippen LogP contribution in [0.15, 0.2) is 18.2 Å². The summed E-state index contributed by atoms with van der Waals surface area (Å²) in [4.78, 5) is 76.3. The minimum absolute atomic E-state index is 0.0986. The predicted octanol–water partition coefficient (Wildman–Crippen LogP) is 0.821. The molecule has 1 saturated heterocycles. The number of rotatable bonds is 13. The van der Waals surface area contributed by atoms with Crippen LogP contribution in [0.3, 0.4) is 0 Å². The Bertz CT molecular complexity index is 1280. The van der Waals surface area contributed by atoms with Gasteiger partial charge in [-0.1, -0.05) is 31.5 Å². The standard InChI is InChI=1S/C25H40BClN4O11P2/c1-16(2)20-14-25(20,30-22(33)15-28-23(34)19-13-18(27)7-6-17(19)3)26-41-11-9-31(10-12-42-26)8-4-5-21(32)29-24(43(35,36)37)44(38,39)40/h6-7,13,16,20,24H,4-5,8-12,14-15H2,1-3H3,(H,28,34)(H,29,32)(H,30,33)(H2,35,36,37)(H2,38,39,40)/t20-,25-/m0/s1. The molecule has 2 aliphatic rings. The minimum Gasteiger partial charge on any atom is -0.408 e. The SMILES string of the molecule is Cc1ccc(Cl)cc1C(=O)NCC(=O)N[C@@]1(B2OCCN(CCCC(=O)NC(P(=O)(O)O)P(=O)(O)O)CCO2)C[C@H]1C(C)C. The van der Waals surface area contributed by atoms with Crippen molar-refractivity contribution in [1.29, 1.82) is 0 Å². The van der Waals surface area contributed by atoms with Gasteiger partial charge in [-0.2, -0.15) is 0 Å². The van der Waals surface area contributed by atoms with Crippen molar-refractivity contribution in [2.75, 3.05) is 39.4 Å². The van der Waals surface area contributed by atoms with Gasteiger partial charge in [0.2, 0.25) is 17.3 Å². The van der Waals surface area contributed by atoms with E-state index in [4.69, 9.17) is 40.5 Å². The maximum absolute atomic E-state index is 13.0. The third-order valence-electron chi connectivity index (χ3n) is 7.67. The van der Waals surface area contributed by atoms with E-state index in [1.807, 2.05) is 18.7 Å². The summed E-state index contributed by atoms with van der Waals surface area (Å²) in [5, 5.41) is 7.85. The van der Waals surface area contributed by atoms with Crippen molar-refractivity contribution in [1.82, 2.24) is 20.9 Å². The van der Waals surface area contributed by atoms with Crippen molar-refractivity contribution in [3.05, 3.63) is 34.3 Å². The van der Waals surface area contributed by atoms with Crippen LogP contribution in [0.4, 0.5) is 0 Å². The third kappa shape index (κ3) is 10.1. The molecule has 1 aliphatic carbocycles. The summed E-state index contributed by atoms with van der Waals surface area (Å²) in [6.45, 7) is 7.47. The average Bonchev–Trinajstić information content (AvgIpc) is 3.62. The average molecular weight is 681 g/mol. The van der Waals surface area contributed by atoms with Gasteiger partial charge >= 0.3 is 22.3 Å². The van der Waals surface area contributed by atoms with Crippen LogP contribution < -0.4 is 16.0 Å². The van der Waals surface area contributed by atoms with Crippen LogP contribution in [-0.2, 0) is 28.0 Å². The topological polar surface area (TPSA) is 224 Å². The number of nitrogens with one attached hydrogen (secondary N) is 3. The van der Waals surface area contributed by atoms with Gasteiger partial charge in [-0.25, -0.2) is 0 Å². The molecular formula is C25H40BClN4O11P2. The summed E-state index contributed by atoms with van der Waals surface area (Å²) < 4.78 is 34.9. The molecule has 15 nitrogen and oxygen atoms in total. The Morgan fingerprint density at radius 1 is 1.09 bits per heavy atom. The van der Waals surface area contributed by atoms with E-state index >= 15 is 0 Å². The molecule has 246 valence electrons. The second kappa shape index (κ2) is 15.2. The molecule has 1 aliphatic heterocycles. The first-order chi connectivity index (χ1) is 20.4. The van der Waals surface area contributed by atoms with E-state index in [9.17, 15) is 23.5 Å².